The summed E-state index contributed by atoms with van der Waals surface area (Å²) < 4.78 is 0. The third-order valence-corrected chi connectivity index (χ3v) is 2.59. The standard InChI is InChI=1S/C12H12N2O3.ClH/c1-7(12(16)17)4-8-5-9-2-3-10(15)14-11(9)13-6-8;/h4-6H,2-3H2,1H3,(H,16,17)(H,13,14,15);1H/b7-4+;. The number of fused-ring (bicyclic) bond motifs is 1. The van der Waals surface area contributed by atoms with Crippen LogP contribution in [-0.2, 0) is 16.0 Å². The zero-order chi connectivity index (χ0) is 12.4. The summed E-state index contributed by atoms with van der Waals surface area (Å²) in [7, 11) is 0. The van der Waals surface area contributed by atoms with E-state index >= 15 is 0 Å². The van der Waals surface area contributed by atoms with Gasteiger partial charge in [0, 0.05) is 18.2 Å². The van der Waals surface area contributed by atoms with Crippen LogP contribution >= 0.6 is 12.4 Å². The van der Waals surface area contributed by atoms with Gasteiger partial charge in [-0.3, -0.25) is 4.79 Å². The number of anilines is 1. The maximum absolute atomic E-state index is 11.1. The lowest BCUT2D eigenvalue weighted by Gasteiger charge is -2.15. The number of amides is 1. The molecule has 1 aromatic heterocycles. The monoisotopic (exact) mass is 268 g/mol. The molecule has 18 heavy (non-hydrogen) atoms. The Hall–Kier alpha value is -1.88. The highest BCUT2D eigenvalue weighted by Gasteiger charge is 2.15. The van der Waals surface area contributed by atoms with Gasteiger partial charge in [-0.25, -0.2) is 9.78 Å². The average molecular weight is 269 g/mol. The Morgan fingerprint density at radius 2 is 2.22 bits per heavy atom. The lowest BCUT2D eigenvalue weighted by Crippen LogP contribution is -2.20. The molecule has 2 rings (SSSR count). The van der Waals surface area contributed by atoms with Crippen LogP contribution in [0.3, 0.4) is 0 Å². The fraction of sp³-hybridized carbons (Fsp3) is 0.250. The van der Waals surface area contributed by atoms with Crippen LogP contribution in [0, 0.1) is 0 Å². The summed E-state index contributed by atoms with van der Waals surface area (Å²) >= 11 is 0. The maximum Gasteiger partial charge on any atom is 0.331 e. The number of hydrogen-bond acceptors (Lipinski definition) is 3. The van der Waals surface area contributed by atoms with Crippen LogP contribution in [0.5, 0.6) is 0 Å². The summed E-state index contributed by atoms with van der Waals surface area (Å²) in [5.74, 6) is -0.405. The number of halogens is 1. The van der Waals surface area contributed by atoms with Gasteiger partial charge in [-0.05, 0) is 36.6 Å². The molecule has 0 radical (unpaired) electrons. The van der Waals surface area contributed by atoms with E-state index in [1.165, 1.54) is 6.92 Å². The number of rotatable bonds is 2. The fourth-order valence-electron chi connectivity index (χ4n) is 1.67. The SMILES string of the molecule is C/C(=C\c1cnc2c(c1)CCC(=O)N2)C(=O)O.Cl. The Balaban J connectivity index is 0.00000162. The van der Waals surface area contributed by atoms with Gasteiger partial charge in [-0.1, -0.05) is 0 Å². The van der Waals surface area contributed by atoms with E-state index in [2.05, 4.69) is 10.3 Å². The van der Waals surface area contributed by atoms with Gasteiger partial charge in [0.05, 0.1) is 0 Å². The Morgan fingerprint density at radius 1 is 1.50 bits per heavy atom. The molecule has 0 saturated carbocycles. The number of nitrogens with one attached hydrogen (secondary N) is 1. The van der Waals surface area contributed by atoms with Crippen molar-refractivity contribution in [1.82, 2.24) is 4.98 Å². The van der Waals surface area contributed by atoms with Crippen LogP contribution in [-0.4, -0.2) is 22.0 Å². The molecule has 0 unspecified atom stereocenters. The number of hydrogen-bond donors (Lipinski definition) is 2. The number of aryl methyl sites for hydroxylation is 1. The van der Waals surface area contributed by atoms with E-state index in [0.29, 0.717) is 18.7 Å². The van der Waals surface area contributed by atoms with E-state index in [4.69, 9.17) is 5.11 Å². The van der Waals surface area contributed by atoms with Gasteiger partial charge in [0.2, 0.25) is 5.91 Å². The number of carbonyl (C=O) groups excluding carboxylic acids is 1. The van der Waals surface area contributed by atoms with E-state index in [-0.39, 0.29) is 23.9 Å². The summed E-state index contributed by atoms with van der Waals surface area (Å²) in [6.45, 7) is 1.53. The third kappa shape index (κ3) is 3.07. The predicted octanol–water partition coefficient (Wildman–Crippen LogP) is 1.88. The van der Waals surface area contributed by atoms with E-state index in [9.17, 15) is 9.59 Å². The molecule has 6 heteroatoms. The van der Waals surface area contributed by atoms with Crippen molar-refractivity contribution in [2.75, 3.05) is 5.32 Å². The first-order valence-corrected chi connectivity index (χ1v) is 5.26. The molecule has 96 valence electrons. The molecule has 0 saturated heterocycles. The van der Waals surface area contributed by atoms with Gasteiger partial charge in [0.15, 0.2) is 0 Å². The third-order valence-electron chi connectivity index (χ3n) is 2.59. The summed E-state index contributed by atoms with van der Waals surface area (Å²) in [5, 5.41) is 11.4. The van der Waals surface area contributed by atoms with Crippen LogP contribution < -0.4 is 5.32 Å². The van der Waals surface area contributed by atoms with Crippen molar-refractivity contribution in [3.05, 3.63) is 29.0 Å². The highest BCUT2D eigenvalue weighted by atomic mass is 35.5. The normalized spacial score (nSPS) is 14.3. The van der Waals surface area contributed by atoms with Crippen LogP contribution in [0.2, 0.25) is 0 Å². The minimum atomic E-state index is -0.948. The smallest absolute Gasteiger partial charge is 0.331 e. The van der Waals surface area contributed by atoms with Crippen LogP contribution in [0.25, 0.3) is 6.08 Å². The molecule has 1 aliphatic heterocycles. The van der Waals surface area contributed by atoms with Crippen molar-refractivity contribution < 1.29 is 14.7 Å². The molecule has 0 spiro atoms. The molecule has 0 aliphatic carbocycles. The Morgan fingerprint density at radius 3 is 2.89 bits per heavy atom. The number of nitrogens with zero attached hydrogens (tertiary/aromatic N) is 1. The van der Waals surface area contributed by atoms with Crippen molar-refractivity contribution in [3.8, 4) is 0 Å². The molecule has 2 heterocycles. The quantitative estimate of drug-likeness (QED) is 0.803. The lowest BCUT2D eigenvalue weighted by molar-refractivity contribution is -0.132. The zero-order valence-electron chi connectivity index (χ0n) is 9.77. The topological polar surface area (TPSA) is 79.3 Å². The lowest BCUT2D eigenvalue weighted by atomic mass is 10.0. The first-order chi connectivity index (χ1) is 8.06. The fourth-order valence-corrected chi connectivity index (χ4v) is 1.67. The first-order valence-electron chi connectivity index (χ1n) is 5.26. The van der Waals surface area contributed by atoms with E-state index in [1.807, 2.05) is 6.07 Å². The van der Waals surface area contributed by atoms with E-state index < -0.39 is 5.97 Å². The van der Waals surface area contributed by atoms with Gasteiger partial charge >= 0.3 is 5.97 Å². The molecular weight excluding hydrogens is 256 g/mol. The minimum absolute atomic E-state index is 0. The molecule has 1 aliphatic rings. The van der Waals surface area contributed by atoms with Crippen LogP contribution in [0.4, 0.5) is 5.82 Å². The minimum Gasteiger partial charge on any atom is -0.478 e. The Kier molecular flexibility index (Phi) is 4.44. The van der Waals surface area contributed by atoms with Crippen molar-refractivity contribution in [1.29, 1.82) is 0 Å². The van der Waals surface area contributed by atoms with Gasteiger partial charge in [0.25, 0.3) is 0 Å². The van der Waals surface area contributed by atoms with Crippen molar-refractivity contribution in [3.63, 3.8) is 0 Å². The Labute approximate surface area is 110 Å². The molecular formula is C12H13ClN2O3. The summed E-state index contributed by atoms with van der Waals surface area (Å²) in [5.41, 5.74) is 1.93. The highest BCUT2D eigenvalue weighted by Crippen LogP contribution is 2.21. The second-order valence-corrected chi connectivity index (χ2v) is 3.96. The number of aromatic nitrogens is 1. The number of pyridine rings is 1. The molecule has 5 nitrogen and oxygen atoms in total. The second kappa shape index (κ2) is 5.64. The molecule has 1 amide bonds. The van der Waals surface area contributed by atoms with Crippen LogP contribution in [0.1, 0.15) is 24.5 Å². The van der Waals surface area contributed by atoms with Crippen LogP contribution in [0.15, 0.2) is 17.8 Å². The van der Waals surface area contributed by atoms with Crippen molar-refractivity contribution in [2.45, 2.75) is 19.8 Å². The first kappa shape index (κ1) is 14.2. The second-order valence-electron chi connectivity index (χ2n) is 3.96. The molecule has 0 bridgehead atoms. The Bertz CT molecular complexity index is 526. The van der Waals surface area contributed by atoms with Gasteiger partial charge < -0.3 is 10.4 Å². The summed E-state index contributed by atoms with van der Waals surface area (Å²) in [6, 6.07) is 1.86. The predicted molar refractivity (Wildman–Crippen MR) is 69.7 cm³/mol. The van der Waals surface area contributed by atoms with Gasteiger partial charge in [-0.2, -0.15) is 0 Å². The molecule has 2 N–H and O–H groups in total. The number of aliphatic carboxylic acids is 1. The molecule has 1 aromatic rings. The molecule has 0 aromatic carbocycles. The van der Waals surface area contributed by atoms with Gasteiger partial charge in [-0.15, -0.1) is 12.4 Å². The summed E-state index contributed by atoms with van der Waals surface area (Å²) in [6.07, 6.45) is 4.20. The largest absolute Gasteiger partial charge is 0.478 e. The van der Waals surface area contributed by atoms with Crippen molar-refractivity contribution >= 4 is 36.2 Å². The molecule has 0 atom stereocenters. The van der Waals surface area contributed by atoms with Gasteiger partial charge in [0.1, 0.15) is 5.82 Å². The van der Waals surface area contributed by atoms with Crippen molar-refractivity contribution in [2.24, 2.45) is 0 Å². The summed E-state index contributed by atoms with van der Waals surface area (Å²) in [4.78, 5) is 25.9. The maximum atomic E-state index is 11.1. The number of carbonyl (C=O) groups is 2. The zero-order valence-corrected chi connectivity index (χ0v) is 10.6. The van der Waals surface area contributed by atoms with E-state index in [1.54, 1.807) is 12.3 Å². The molecule has 0 fully saturated rings. The number of carboxylic acid groups (broad SMARTS) is 1. The average Bonchev–Trinajstić information content (AvgIpc) is 2.29. The number of carboxylic acids is 1. The van der Waals surface area contributed by atoms with E-state index in [0.717, 1.165) is 11.1 Å². The highest BCUT2D eigenvalue weighted by molar-refractivity contribution is 5.93.